The van der Waals surface area contributed by atoms with Crippen molar-refractivity contribution in [3.05, 3.63) is 53.9 Å². The summed E-state index contributed by atoms with van der Waals surface area (Å²) in [5.74, 6) is 1.06. The molecule has 1 aromatic heterocycles. The van der Waals surface area contributed by atoms with Gasteiger partial charge in [0.15, 0.2) is 5.78 Å². The Hall–Kier alpha value is -3.04. The molecule has 1 saturated carbocycles. The zero-order valence-electron chi connectivity index (χ0n) is 17.1. The van der Waals surface area contributed by atoms with E-state index in [4.69, 9.17) is 0 Å². The van der Waals surface area contributed by atoms with Crippen LogP contribution in [-0.2, 0) is 14.8 Å². The molecule has 1 amide bonds. The van der Waals surface area contributed by atoms with Crippen LogP contribution >= 0.6 is 0 Å². The third kappa shape index (κ3) is 4.83. The van der Waals surface area contributed by atoms with Crippen molar-refractivity contribution in [3.8, 4) is 0 Å². The fraction of sp³-hybridized carbons (Fsp3) is 0.318. The summed E-state index contributed by atoms with van der Waals surface area (Å²) in [6.45, 7) is 1.37. The van der Waals surface area contributed by atoms with Crippen LogP contribution in [-0.4, -0.2) is 36.6 Å². The molecule has 2 aromatic carbocycles. The maximum Gasteiger partial charge on any atom is 0.240 e. The van der Waals surface area contributed by atoms with E-state index in [0.717, 1.165) is 29.7 Å². The highest BCUT2D eigenvalue weighted by molar-refractivity contribution is 7.89. The lowest BCUT2D eigenvalue weighted by Crippen LogP contribution is -2.27. The Morgan fingerprint density at radius 2 is 1.87 bits per heavy atom. The van der Waals surface area contributed by atoms with E-state index in [2.05, 4.69) is 20.0 Å². The first-order chi connectivity index (χ1) is 14.8. The first-order valence-electron chi connectivity index (χ1n) is 10.2. The number of Topliss-reactive ketones (excluding diaryl/α,β-unsaturated/α-hetero) is 1. The zero-order chi connectivity index (χ0) is 22.0. The van der Waals surface area contributed by atoms with Gasteiger partial charge in [-0.1, -0.05) is 18.6 Å². The molecule has 0 radical (unpaired) electrons. The minimum Gasteiger partial charge on any atom is -0.342 e. The lowest BCUT2D eigenvalue weighted by Gasteiger charge is -2.22. The number of ketones is 1. The van der Waals surface area contributed by atoms with Crippen molar-refractivity contribution < 1.29 is 18.0 Å². The van der Waals surface area contributed by atoms with E-state index in [9.17, 15) is 18.0 Å². The van der Waals surface area contributed by atoms with Crippen LogP contribution in [0.4, 0.5) is 5.69 Å². The summed E-state index contributed by atoms with van der Waals surface area (Å²) in [4.78, 5) is 31.5. The number of rotatable bonds is 8. The molecule has 0 aliphatic heterocycles. The number of hydrogen-bond donors (Lipinski definition) is 3. The van der Waals surface area contributed by atoms with Crippen molar-refractivity contribution in [1.29, 1.82) is 0 Å². The van der Waals surface area contributed by atoms with Gasteiger partial charge in [-0.25, -0.2) is 18.1 Å². The van der Waals surface area contributed by atoms with E-state index >= 15 is 0 Å². The van der Waals surface area contributed by atoms with Gasteiger partial charge in [0.05, 0.1) is 15.9 Å². The molecule has 0 unspecified atom stereocenters. The highest BCUT2D eigenvalue weighted by Crippen LogP contribution is 2.35. The predicted octanol–water partition coefficient (Wildman–Crippen LogP) is 3.34. The second-order valence-corrected chi connectivity index (χ2v) is 9.53. The third-order valence-electron chi connectivity index (χ3n) is 5.49. The van der Waals surface area contributed by atoms with Gasteiger partial charge in [0.25, 0.3) is 0 Å². The second-order valence-electron chi connectivity index (χ2n) is 7.76. The monoisotopic (exact) mass is 440 g/mol. The molecule has 1 aliphatic rings. The second kappa shape index (κ2) is 8.60. The molecule has 3 N–H and O–H groups in total. The smallest absolute Gasteiger partial charge is 0.240 e. The molecule has 31 heavy (non-hydrogen) atoms. The van der Waals surface area contributed by atoms with Crippen LogP contribution in [0, 0.1) is 0 Å². The first kappa shape index (κ1) is 21.2. The normalized spacial score (nSPS) is 14.4. The van der Waals surface area contributed by atoms with Gasteiger partial charge in [0.1, 0.15) is 5.82 Å². The van der Waals surface area contributed by atoms with E-state index in [1.54, 1.807) is 6.07 Å². The molecule has 1 aliphatic carbocycles. The number of hydrogen-bond acceptors (Lipinski definition) is 5. The Morgan fingerprint density at radius 1 is 1.13 bits per heavy atom. The fourth-order valence-electron chi connectivity index (χ4n) is 3.46. The van der Waals surface area contributed by atoms with Crippen LogP contribution in [0.25, 0.3) is 11.0 Å². The van der Waals surface area contributed by atoms with E-state index in [1.807, 2.05) is 12.1 Å². The number of benzene rings is 2. The lowest BCUT2D eigenvalue weighted by atomic mass is 9.85. The van der Waals surface area contributed by atoms with Crippen molar-refractivity contribution in [3.63, 3.8) is 0 Å². The summed E-state index contributed by atoms with van der Waals surface area (Å²) in [6, 6.07) is 11.1. The number of carbonyl (C=O) groups is 2. The topological polar surface area (TPSA) is 121 Å². The Kier molecular flexibility index (Phi) is 5.88. The Labute approximate surface area is 180 Å². The number of H-pyrrole nitrogens is 1. The minimum atomic E-state index is -3.76. The highest BCUT2D eigenvalue weighted by atomic mass is 32.2. The van der Waals surface area contributed by atoms with Gasteiger partial charge in [0, 0.05) is 30.1 Å². The minimum absolute atomic E-state index is 0.0148. The first-order valence-corrected chi connectivity index (χ1v) is 11.7. The molecule has 162 valence electrons. The molecule has 0 bridgehead atoms. The Morgan fingerprint density at radius 3 is 2.52 bits per heavy atom. The standard InChI is InChI=1S/C22H24N4O4S/c1-14(27)15-5-8-18(9-6-15)31(29,30)23-12-11-21(28)24-17-7-10-19-20(13-17)26-22(25-19)16-3-2-4-16/h5-10,13,16,23H,2-4,11-12H2,1H3,(H,24,28)(H,25,26). The summed E-state index contributed by atoms with van der Waals surface area (Å²) in [5, 5.41) is 2.79. The van der Waals surface area contributed by atoms with Crippen LogP contribution in [0.1, 0.15) is 54.7 Å². The van der Waals surface area contributed by atoms with Crippen LogP contribution in [0.2, 0.25) is 0 Å². The molecule has 0 spiro atoms. The number of fused-ring (bicyclic) bond motifs is 1. The average Bonchev–Trinajstić information content (AvgIpc) is 3.09. The van der Waals surface area contributed by atoms with Gasteiger partial charge >= 0.3 is 0 Å². The largest absolute Gasteiger partial charge is 0.342 e. The van der Waals surface area contributed by atoms with Gasteiger partial charge in [-0.3, -0.25) is 9.59 Å². The molecular weight excluding hydrogens is 416 g/mol. The molecule has 1 fully saturated rings. The predicted molar refractivity (Wildman–Crippen MR) is 118 cm³/mol. The number of aromatic nitrogens is 2. The number of nitrogens with one attached hydrogen (secondary N) is 3. The van der Waals surface area contributed by atoms with Crippen molar-refractivity contribution in [2.45, 2.75) is 43.4 Å². The number of sulfonamides is 1. The van der Waals surface area contributed by atoms with E-state index in [-0.39, 0.29) is 29.6 Å². The molecule has 3 aromatic rings. The molecule has 9 heteroatoms. The fourth-order valence-corrected chi connectivity index (χ4v) is 4.49. The van der Waals surface area contributed by atoms with Gasteiger partial charge in [-0.05, 0) is 50.1 Å². The van der Waals surface area contributed by atoms with Crippen molar-refractivity contribution in [1.82, 2.24) is 14.7 Å². The van der Waals surface area contributed by atoms with Gasteiger partial charge < -0.3 is 10.3 Å². The van der Waals surface area contributed by atoms with Gasteiger partial charge in [-0.15, -0.1) is 0 Å². The molecule has 0 saturated heterocycles. The van der Waals surface area contributed by atoms with Gasteiger partial charge in [0.2, 0.25) is 15.9 Å². The maximum atomic E-state index is 12.3. The quantitative estimate of drug-likeness (QED) is 0.464. The number of amides is 1. The summed E-state index contributed by atoms with van der Waals surface area (Å²) < 4.78 is 27.1. The Balaban J connectivity index is 1.31. The maximum absolute atomic E-state index is 12.3. The average molecular weight is 441 g/mol. The number of imidazole rings is 1. The number of nitrogens with zero attached hydrogens (tertiary/aromatic N) is 1. The molecule has 4 rings (SSSR count). The van der Waals surface area contributed by atoms with Crippen molar-refractivity contribution >= 4 is 38.4 Å². The number of carbonyl (C=O) groups excluding carboxylic acids is 2. The molecule has 8 nitrogen and oxygen atoms in total. The van der Waals surface area contributed by atoms with Gasteiger partial charge in [-0.2, -0.15) is 0 Å². The van der Waals surface area contributed by atoms with E-state index in [0.29, 0.717) is 17.2 Å². The van der Waals surface area contributed by atoms with Crippen LogP contribution < -0.4 is 10.0 Å². The zero-order valence-corrected chi connectivity index (χ0v) is 18.0. The van der Waals surface area contributed by atoms with E-state index < -0.39 is 10.0 Å². The van der Waals surface area contributed by atoms with Crippen LogP contribution in [0.3, 0.4) is 0 Å². The summed E-state index contributed by atoms with van der Waals surface area (Å²) in [5.41, 5.74) is 2.80. The number of anilines is 1. The van der Waals surface area contributed by atoms with Crippen molar-refractivity contribution in [2.75, 3.05) is 11.9 Å². The molecule has 0 atom stereocenters. The summed E-state index contributed by atoms with van der Waals surface area (Å²) >= 11 is 0. The van der Waals surface area contributed by atoms with Crippen LogP contribution in [0.15, 0.2) is 47.4 Å². The lowest BCUT2D eigenvalue weighted by molar-refractivity contribution is -0.116. The summed E-state index contributed by atoms with van der Waals surface area (Å²) in [6.07, 6.45) is 3.52. The highest BCUT2D eigenvalue weighted by Gasteiger charge is 2.22. The summed E-state index contributed by atoms with van der Waals surface area (Å²) in [7, 11) is -3.76. The molecule has 1 heterocycles. The Bertz CT molecular complexity index is 1230. The SMILES string of the molecule is CC(=O)c1ccc(S(=O)(=O)NCCC(=O)Nc2ccc3nc(C4CCC4)[nH]c3c2)cc1. The number of aromatic amines is 1. The van der Waals surface area contributed by atoms with Crippen LogP contribution in [0.5, 0.6) is 0 Å². The molecular formula is C22H24N4O4S. The van der Waals surface area contributed by atoms with E-state index in [1.165, 1.54) is 37.6 Å². The third-order valence-corrected chi connectivity index (χ3v) is 6.97. The van der Waals surface area contributed by atoms with Crippen molar-refractivity contribution in [2.24, 2.45) is 0 Å².